The number of rotatable bonds is 7. The van der Waals surface area contributed by atoms with Gasteiger partial charge in [-0.1, -0.05) is 0 Å². The van der Waals surface area contributed by atoms with Crippen LogP contribution >= 0.6 is 0 Å². The molecule has 12 heteroatoms. The highest BCUT2D eigenvalue weighted by molar-refractivity contribution is 6.28. The molecule has 1 aliphatic heterocycles. The number of hydrogen-bond donors (Lipinski definition) is 1. The Morgan fingerprint density at radius 1 is 1.05 bits per heavy atom. The van der Waals surface area contributed by atoms with Crippen molar-refractivity contribution in [3.8, 4) is 22.8 Å². The third-order valence-electron chi connectivity index (χ3n) is 7.27. The topological polar surface area (TPSA) is 114 Å². The molecule has 1 unspecified atom stereocenters. The highest BCUT2D eigenvalue weighted by Gasteiger charge is 2.48. The number of halogens is 1. The number of carbonyl (C=O) groups is 3. The quantitative estimate of drug-likeness (QED) is 0.205. The number of imidazole rings is 1. The minimum atomic E-state index is -1.29. The van der Waals surface area contributed by atoms with Crippen LogP contribution in [-0.4, -0.2) is 53.8 Å². The van der Waals surface area contributed by atoms with E-state index in [9.17, 15) is 18.8 Å². The Labute approximate surface area is 251 Å². The van der Waals surface area contributed by atoms with Crippen LogP contribution in [0.15, 0.2) is 79.5 Å². The maximum Gasteiger partial charge on any atom is 0.505 e. The Morgan fingerprint density at radius 3 is 2.50 bits per heavy atom. The lowest BCUT2D eigenvalue weighted by atomic mass is 10.0. The number of ether oxygens (including phenoxy) is 1. The van der Waals surface area contributed by atoms with E-state index in [2.05, 4.69) is 15.4 Å². The normalized spacial score (nSPS) is 15.2. The molecule has 0 saturated heterocycles. The number of imide groups is 1. The van der Waals surface area contributed by atoms with E-state index >= 15 is 0 Å². The van der Waals surface area contributed by atoms with E-state index in [-0.39, 0.29) is 11.7 Å². The van der Waals surface area contributed by atoms with Crippen LogP contribution in [0.25, 0.3) is 16.8 Å². The summed E-state index contributed by atoms with van der Waals surface area (Å²) in [6.07, 6.45) is 8.52. The zero-order valence-corrected chi connectivity index (χ0v) is 24.4. The van der Waals surface area contributed by atoms with Crippen LogP contribution in [0.4, 0.5) is 20.6 Å². The van der Waals surface area contributed by atoms with Crippen LogP contribution in [0.2, 0.25) is 0 Å². The number of hydrogen-bond acceptors (Lipinski definition) is 6. The molecular formula is C32H29FN7O4+. The van der Waals surface area contributed by atoms with Crippen molar-refractivity contribution in [3.63, 3.8) is 0 Å². The number of pyridine rings is 1. The molecule has 4 heterocycles. The molecule has 6 rings (SSSR count). The predicted octanol–water partition coefficient (Wildman–Crippen LogP) is 5.19. The molecule has 0 radical (unpaired) electrons. The monoisotopic (exact) mass is 594 g/mol. The zero-order chi connectivity index (χ0) is 31.1. The molecule has 2 aromatic carbocycles. The van der Waals surface area contributed by atoms with Gasteiger partial charge in [-0.2, -0.15) is 14.5 Å². The molecule has 44 heavy (non-hydrogen) atoms. The number of fused-ring (bicyclic) bond motifs is 1. The van der Waals surface area contributed by atoms with Gasteiger partial charge in [0.15, 0.2) is 11.7 Å². The van der Waals surface area contributed by atoms with Crippen LogP contribution in [0.1, 0.15) is 19.4 Å². The summed E-state index contributed by atoms with van der Waals surface area (Å²) in [5.41, 5.74) is 3.72. The highest BCUT2D eigenvalue weighted by Crippen LogP contribution is 2.33. The summed E-state index contributed by atoms with van der Waals surface area (Å²) in [5.74, 6) is -2.01. The van der Waals surface area contributed by atoms with Gasteiger partial charge in [0.25, 0.3) is 0 Å². The van der Waals surface area contributed by atoms with Crippen molar-refractivity contribution in [2.75, 3.05) is 10.2 Å². The van der Waals surface area contributed by atoms with Gasteiger partial charge in [-0.3, -0.25) is 4.79 Å². The van der Waals surface area contributed by atoms with Gasteiger partial charge in [0.05, 0.1) is 30.5 Å². The number of amides is 4. The molecule has 3 aromatic heterocycles. The van der Waals surface area contributed by atoms with Crippen molar-refractivity contribution in [2.24, 2.45) is 13.0 Å². The molecule has 5 aromatic rings. The highest BCUT2D eigenvalue weighted by atomic mass is 19.1. The second kappa shape index (κ2) is 11.2. The molecule has 11 nitrogen and oxygen atoms in total. The van der Waals surface area contributed by atoms with Gasteiger partial charge in [0.2, 0.25) is 5.91 Å². The lowest BCUT2D eigenvalue weighted by molar-refractivity contribution is -0.459. The van der Waals surface area contributed by atoms with Crippen LogP contribution < -0.4 is 15.0 Å². The molecule has 0 fully saturated rings. The molecule has 4 amide bonds. The van der Waals surface area contributed by atoms with Gasteiger partial charge in [-0.15, -0.1) is 4.90 Å². The summed E-state index contributed by atoms with van der Waals surface area (Å²) in [6.45, 7) is 5.39. The third kappa shape index (κ3) is 5.33. The van der Waals surface area contributed by atoms with Crippen molar-refractivity contribution in [2.45, 2.75) is 26.8 Å². The minimum absolute atomic E-state index is 0.176. The number of anilines is 2. The summed E-state index contributed by atoms with van der Waals surface area (Å²) in [5, 5.41) is 7.15. The first-order valence-electron chi connectivity index (χ1n) is 13.9. The fourth-order valence-electron chi connectivity index (χ4n) is 5.00. The third-order valence-corrected chi connectivity index (χ3v) is 7.27. The summed E-state index contributed by atoms with van der Waals surface area (Å²) >= 11 is 0. The van der Waals surface area contributed by atoms with Gasteiger partial charge in [-0.05, 0) is 80.9 Å². The lowest BCUT2D eigenvalue weighted by Gasteiger charge is -2.24. The van der Waals surface area contributed by atoms with Crippen molar-refractivity contribution in [3.05, 3.63) is 90.9 Å². The first kappa shape index (κ1) is 28.5. The Morgan fingerprint density at radius 2 is 1.82 bits per heavy atom. The van der Waals surface area contributed by atoms with Gasteiger partial charge < -0.3 is 14.6 Å². The molecule has 1 aliphatic rings. The standard InChI is InChI=1S/C32H28FN7O4/c1-19(2)38-16-25(31(42)40(32(38)43)24-8-5-22(33)6-9-24)30(41)36-23-7-10-28(20(3)13-23)44-29-14-21(26-17-37(4)18-34-26)15-39-27(29)11-12-35-39/h5-19,25H,1-4H3/p+1. The first-order valence-corrected chi connectivity index (χ1v) is 13.9. The van der Waals surface area contributed by atoms with E-state index in [0.29, 0.717) is 17.2 Å². The zero-order valence-electron chi connectivity index (χ0n) is 24.4. The van der Waals surface area contributed by atoms with Gasteiger partial charge in [0, 0.05) is 30.7 Å². The maximum absolute atomic E-state index is 13.5. The Balaban J connectivity index is 1.25. The molecule has 0 bridgehead atoms. The van der Waals surface area contributed by atoms with Crippen molar-refractivity contribution in [1.82, 2.24) is 19.2 Å². The van der Waals surface area contributed by atoms with Gasteiger partial charge >= 0.3 is 11.9 Å². The Bertz CT molecular complexity index is 1960. The summed E-state index contributed by atoms with van der Waals surface area (Å²) in [7, 11) is 1.90. The summed E-state index contributed by atoms with van der Waals surface area (Å²) in [6, 6.07) is 12.9. The van der Waals surface area contributed by atoms with Gasteiger partial charge in [0.1, 0.15) is 22.8 Å². The molecular weight excluding hydrogens is 565 g/mol. The van der Waals surface area contributed by atoms with E-state index in [1.54, 1.807) is 49.1 Å². The molecule has 0 aliphatic carbocycles. The van der Waals surface area contributed by atoms with E-state index < -0.39 is 29.6 Å². The van der Waals surface area contributed by atoms with Crippen LogP contribution in [0, 0.1) is 18.7 Å². The number of benzene rings is 2. The van der Waals surface area contributed by atoms with E-state index in [0.717, 1.165) is 39.4 Å². The van der Waals surface area contributed by atoms with Crippen molar-refractivity contribution >= 4 is 41.0 Å². The van der Waals surface area contributed by atoms with E-state index in [4.69, 9.17) is 4.74 Å². The first-order chi connectivity index (χ1) is 21.1. The molecule has 1 atom stereocenters. The number of carbonyl (C=O) groups excluding carboxylic acids is 3. The Kier molecular flexibility index (Phi) is 7.25. The van der Waals surface area contributed by atoms with E-state index in [1.165, 1.54) is 22.9 Å². The SMILES string of the molecule is Cc1cc(NC(=O)C2C=[N+](C(C)C)C(=O)N(c3ccc(F)cc3)C2=O)ccc1Oc1cc(-c2cn(C)cn2)cn2nccc12. The van der Waals surface area contributed by atoms with Crippen molar-refractivity contribution < 1.29 is 28.1 Å². The smallest absolute Gasteiger partial charge is 0.455 e. The number of nitrogens with one attached hydrogen (secondary N) is 1. The maximum atomic E-state index is 13.5. The second-order valence-electron chi connectivity index (χ2n) is 10.8. The largest absolute Gasteiger partial charge is 0.505 e. The van der Waals surface area contributed by atoms with Crippen molar-refractivity contribution in [1.29, 1.82) is 0 Å². The summed E-state index contributed by atoms with van der Waals surface area (Å²) in [4.78, 5) is 45.3. The number of aromatic nitrogens is 4. The van der Waals surface area contributed by atoms with Crippen LogP contribution in [-0.2, 0) is 16.6 Å². The average molecular weight is 595 g/mol. The average Bonchev–Trinajstić information content (AvgIpc) is 3.64. The molecule has 1 N–H and O–H groups in total. The van der Waals surface area contributed by atoms with E-state index in [1.807, 2.05) is 43.1 Å². The number of aryl methyl sites for hydroxylation is 2. The molecule has 222 valence electrons. The van der Waals surface area contributed by atoms with Gasteiger partial charge in [-0.25, -0.2) is 18.7 Å². The minimum Gasteiger partial charge on any atom is -0.455 e. The fourth-order valence-corrected chi connectivity index (χ4v) is 5.00. The molecule has 0 spiro atoms. The molecule has 0 saturated carbocycles. The van der Waals surface area contributed by atoms with Crippen LogP contribution in [0.5, 0.6) is 11.5 Å². The number of nitrogens with zero attached hydrogens (tertiary/aromatic N) is 6. The number of urea groups is 1. The van der Waals surface area contributed by atoms with Crippen LogP contribution in [0.3, 0.4) is 0 Å². The fraction of sp³-hybridized carbons (Fsp3) is 0.188. The summed E-state index contributed by atoms with van der Waals surface area (Å²) < 4.78 is 24.8. The lowest BCUT2D eigenvalue weighted by Crippen LogP contribution is -2.55. The second-order valence-corrected chi connectivity index (χ2v) is 10.8. The Hall–Kier alpha value is -5.65. The predicted molar refractivity (Wildman–Crippen MR) is 162 cm³/mol.